The van der Waals surface area contributed by atoms with Crippen LogP contribution in [0.25, 0.3) is 0 Å². The Bertz CT molecular complexity index is 847. The van der Waals surface area contributed by atoms with Crippen LogP contribution in [0.4, 0.5) is 24.5 Å². The number of anilines is 2. The molecule has 0 bridgehead atoms. The molecule has 2 aromatic carbocycles. The summed E-state index contributed by atoms with van der Waals surface area (Å²) in [5, 5.41) is 5.54. The Morgan fingerprint density at radius 1 is 1.00 bits per heavy atom. The number of halogens is 3. The fourth-order valence-electron chi connectivity index (χ4n) is 2.50. The lowest BCUT2D eigenvalue weighted by atomic mass is 10.1. The number of carbonyl (C=O) groups excluding carboxylic acids is 2. The summed E-state index contributed by atoms with van der Waals surface area (Å²) in [4.78, 5) is 24.2. The number of benzene rings is 2. The maximum absolute atomic E-state index is 12.3. The molecule has 148 valence electrons. The smallest absolute Gasteiger partial charge is 0.367 e. The molecular formula is C20H19F3N2O3. The van der Waals surface area contributed by atoms with Gasteiger partial charge in [0.15, 0.2) is 0 Å². The van der Waals surface area contributed by atoms with Crippen LogP contribution < -0.4 is 10.6 Å². The molecule has 28 heavy (non-hydrogen) atoms. The lowest BCUT2D eigenvalue weighted by Gasteiger charge is -2.10. The fourth-order valence-corrected chi connectivity index (χ4v) is 2.50. The second-order valence-electron chi connectivity index (χ2n) is 6.60. The zero-order valence-corrected chi connectivity index (χ0v) is 14.9. The van der Waals surface area contributed by atoms with Gasteiger partial charge in [-0.25, -0.2) is 0 Å². The maximum Gasteiger partial charge on any atom is 0.411 e. The van der Waals surface area contributed by atoms with Gasteiger partial charge in [0, 0.05) is 22.9 Å². The first-order valence-corrected chi connectivity index (χ1v) is 8.76. The first-order chi connectivity index (χ1) is 13.3. The molecule has 1 aliphatic carbocycles. The van der Waals surface area contributed by atoms with Crippen molar-refractivity contribution in [1.29, 1.82) is 0 Å². The van der Waals surface area contributed by atoms with Gasteiger partial charge in [-0.15, -0.1) is 0 Å². The third-order valence-electron chi connectivity index (χ3n) is 4.09. The van der Waals surface area contributed by atoms with Gasteiger partial charge in [-0.05, 0) is 48.7 Å². The zero-order valence-electron chi connectivity index (χ0n) is 14.9. The van der Waals surface area contributed by atoms with E-state index >= 15 is 0 Å². The lowest BCUT2D eigenvalue weighted by molar-refractivity contribution is -0.176. The van der Waals surface area contributed by atoms with Gasteiger partial charge in [-0.2, -0.15) is 13.2 Å². The van der Waals surface area contributed by atoms with E-state index in [4.69, 9.17) is 0 Å². The van der Waals surface area contributed by atoms with Crippen molar-refractivity contribution in [3.63, 3.8) is 0 Å². The van der Waals surface area contributed by atoms with E-state index in [9.17, 15) is 22.8 Å². The average Bonchev–Trinajstić information content (AvgIpc) is 3.47. The number of hydrogen-bond donors (Lipinski definition) is 2. The molecule has 1 fully saturated rings. The first kappa shape index (κ1) is 19.9. The van der Waals surface area contributed by atoms with Gasteiger partial charge in [0.2, 0.25) is 5.91 Å². The van der Waals surface area contributed by atoms with Gasteiger partial charge in [0.1, 0.15) is 6.61 Å². The molecular weight excluding hydrogens is 373 g/mol. The highest BCUT2D eigenvalue weighted by Gasteiger charge is 2.29. The van der Waals surface area contributed by atoms with Gasteiger partial charge in [-0.1, -0.05) is 18.2 Å². The van der Waals surface area contributed by atoms with Crippen molar-refractivity contribution in [2.24, 2.45) is 5.92 Å². The second kappa shape index (κ2) is 8.43. The Labute approximate surface area is 159 Å². The van der Waals surface area contributed by atoms with Crippen LogP contribution in [0.5, 0.6) is 0 Å². The van der Waals surface area contributed by atoms with E-state index in [0.717, 1.165) is 12.8 Å². The number of alkyl halides is 3. The Hall–Kier alpha value is -2.87. The molecule has 2 amide bonds. The monoisotopic (exact) mass is 392 g/mol. The van der Waals surface area contributed by atoms with Gasteiger partial charge in [-0.3, -0.25) is 9.59 Å². The van der Waals surface area contributed by atoms with E-state index in [1.54, 1.807) is 24.3 Å². The maximum atomic E-state index is 12.3. The van der Waals surface area contributed by atoms with Gasteiger partial charge >= 0.3 is 6.18 Å². The standard InChI is InChI=1S/C20H19F3N2O3/c21-20(22,23)12-28-11-13-4-6-14(7-5-13)18(26)24-16-2-1-3-17(10-16)25-19(27)15-8-9-15/h1-7,10,15H,8-9,11-12H2,(H,24,26)(H,25,27). The first-order valence-electron chi connectivity index (χ1n) is 8.76. The minimum absolute atomic E-state index is 0.0215. The van der Waals surface area contributed by atoms with E-state index in [-0.39, 0.29) is 24.3 Å². The lowest BCUT2D eigenvalue weighted by Crippen LogP contribution is -2.16. The molecule has 0 radical (unpaired) electrons. The molecule has 1 saturated carbocycles. The molecule has 5 nitrogen and oxygen atoms in total. The van der Waals surface area contributed by atoms with Crippen molar-refractivity contribution in [3.05, 3.63) is 59.7 Å². The second-order valence-corrected chi connectivity index (χ2v) is 6.60. The minimum Gasteiger partial charge on any atom is -0.367 e. The predicted molar refractivity (Wildman–Crippen MR) is 97.9 cm³/mol. The Morgan fingerprint density at radius 3 is 2.25 bits per heavy atom. The van der Waals surface area contributed by atoms with Crippen molar-refractivity contribution in [1.82, 2.24) is 0 Å². The van der Waals surface area contributed by atoms with Gasteiger partial charge in [0.05, 0.1) is 6.61 Å². The van der Waals surface area contributed by atoms with Gasteiger partial charge in [0.25, 0.3) is 5.91 Å². The van der Waals surface area contributed by atoms with Crippen molar-refractivity contribution in [2.45, 2.75) is 25.6 Å². The molecule has 0 heterocycles. The van der Waals surface area contributed by atoms with Crippen LogP contribution in [-0.2, 0) is 16.1 Å². The highest BCUT2D eigenvalue weighted by Crippen LogP contribution is 2.30. The van der Waals surface area contributed by atoms with Crippen LogP contribution in [-0.4, -0.2) is 24.6 Å². The predicted octanol–water partition coefficient (Wildman–Crippen LogP) is 4.37. The summed E-state index contributed by atoms with van der Waals surface area (Å²) in [7, 11) is 0. The Morgan fingerprint density at radius 2 is 1.64 bits per heavy atom. The summed E-state index contributed by atoms with van der Waals surface area (Å²) in [6.45, 7) is -1.51. The summed E-state index contributed by atoms with van der Waals surface area (Å²) >= 11 is 0. The number of hydrogen-bond acceptors (Lipinski definition) is 3. The van der Waals surface area contributed by atoms with Crippen molar-refractivity contribution in [3.8, 4) is 0 Å². The Balaban J connectivity index is 1.54. The molecule has 3 rings (SSSR count). The summed E-state index contributed by atoms with van der Waals surface area (Å²) in [6.07, 6.45) is -2.56. The van der Waals surface area contributed by atoms with Crippen LogP contribution in [0.1, 0.15) is 28.8 Å². The highest BCUT2D eigenvalue weighted by molar-refractivity contribution is 6.04. The molecule has 0 saturated heterocycles. The van der Waals surface area contributed by atoms with E-state index < -0.39 is 12.8 Å². The number of nitrogens with one attached hydrogen (secondary N) is 2. The molecule has 0 atom stereocenters. The number of carbonyl (C=O) groups is 2. The molecule has 0 unspecified atom stereocenters. The summed E-state index contributed by atoms with van der Waals surface area (Å²) in [5.74, 6) is -0.308. The topological polar surface area (TPSA) is 67.4 Å². The molecule has 0 aromatic heterocycles. The van der Waals surface area contributed by atoms with E-state index in [1.807, 2.05) is 0 Å². The molecule has 0 aliphatic heterocycles. The SMILES string of the molecule is O=C(Nc1cccc(NC(=O)C2CC2)c1)c1ccc(COCC(F)(F)F)cc1. The largest absolute Gasteiger partial charge is 0.411 e. The number of ether oxygens (including phenoxy) is 1. The molecule has 2 N–H and O–H groups in total. The molecule has 2 aromatic rings. The normalized spacial score (nSPS) is 13.8. The average molecular weight is 392 g/mol. The van der Waals surface area contributed by atoms with E-state index in [2.05, 4.69) is 15.4 Å². The zero-order chi connectivity index (χ0) is 20.1. The molecule has 8 heteroatoms. The third-order valence-corrected chi connectivity index (χ3v) is 4.09. The van der Waals surface area contributed by atoms with Crippen LogP contribution >= 0.6 is 0 Å². The van der Waals surface area contributed by atoms with Crippen LogP contribution in [0.2, 0.25) is 0 Å². The van der Waals surface area contributed by atoms with Crippen LogP contribution in [0, 0.1) is 5.92 Å². The van der Waals surface area contributed by atoms with E-state index in [1.165, 1.54) is 24.3 Å². The summed E-state index contributed by atoms with van der Waals surface area (Å²) < 4.78 is 40.8. The highest BCUT2D eigenvalue weighted by atomic mass is 19.4. The molecule has 1 aliphatic rings. The summed E-state index contributed by atoms with van der Waals surface area (Å²) in [6, 6.07) is 12.9. The Kier molecular flexibility index (Phi) is 5.99. The quantitative estimate of drug-likeness (QED) is 0.736. The van der Waals surface area contributed by atoms with Crippen LogP contribution in [0.3, 0.4) is 0 Å². The van der Waals surface area contributed by atoms with Crippen molar-refractivity contribution < 1.29 is 27.5 Å². The number of rotatable bonds is 7. The van der Waals surface area contributed by atoms with Crippen molar-refractivity contribution in [2.75, 3.05) is 17.2 Å². The molecule has 0 spiro atoms. The fraction of sp³-hybridized carbons (Fsp3) is 0.300. The van der Waals surface area contributed by atoms with Gasteiger partial charge < -0.3 is 15.4 Å². The number of amides is 2. The summed E-state index contributed by atoms with van der Waals surface area (Å²) in [5.41, 5.74) is 2.01. The van der Waals surface area contributed by atoms with Crippen molar-refractivity contribution >= 4 is 23.2 Å². The minimum atomic E-state index is -4.37. The van der Waals surface area contributed by atoms with Crippen LogP contribution in [0.15, 0.2) is 48.5 Å². The van der Waals surface area contributed by atoms with E-state index in [0.29, 0.717) is 22.5 Å². The third kappa shape index (κ3) is 6.09.